The number of imidazole rings is 1. The minimum atomic E-state index is -4.16. The van der Waals surface area contributed by atoms with Crippen LogP contribution in [0.1, 0.15) is 26.7 Å². The first-order chi connectivity index (χ1) is 6.97. The van der Waals surface area contributed by atoms with Crippen molar-refractivity contribution in [1.82, 2.24) is 9.97 Å². The molecule has 1 aromatic rings. The summed E-state index contributed by atoms with van der Waals surface area (Å²) in [6.45, 7) is 4.36. The van der Waals surface area contributed by atoms with Crippen molar-refractivity contribution < 1.29 is 17.2 Å². The second-order valence-electron chi connectivity index (χ2n) is 2.35. The summed E-state index contributed by atoms with van der Waals surface area (Å²) in [7, 11) is -3.29. The molecule has 0 aliphatic carbocycles. The lowest BCUT2D eigenvalue weighted by Gasteiger charge is -1.82. The zero-order valence-electron chi connectivity index (χ0n) is 9.17. The molecule has 0 saturated heterocycles. The molecule has 0 amide bonds. The normalized spacial score (nSPS) is 9.33. The molecule has 6 nitrogen and oxygen atoms in total. The molecule has 90 valence electrons. The number of unbranched alkanes of at least 4 members (excludes halogenated alkanes) is 1. The van der Waals surface area contributed by atoms with Gasteiger partial charge in [-0.25, -0.2) is 4.98 Å². The maximum absolute atomic E-state index is 9.33. The van der Waals surface area contributed by atoms with E-state index in [1.807, 2.05) is 0 Å². The first-order valence-corrected chi connectivity index (χ1v) is 5.80. The summed E-state index contributed by atoms with van der Waals surface area (Å²) in [5, 5.41) is 0. The van der Waals surface area contributed by atoms with E-state index in [-0.39, 0.29) is 0 Å². The predicted octanol–water partition coefficient (Wildman–Crippen LogP) is 1.65. The predicted molar refractivity (Wildman–Crippen MR) is 57.7 cm³/mol. The number of nitrogens with zero attached hydrogens (tertiary/aromatic N) is 1. The average molecular weight is 238 g/mol. The number of H-pyrrole nitrogens is 1. The third-order valence-electron chi connectivity index (χ3n) is 1.12. The second kappa shape index (κ2) is 11.2. The van der Waals surface area contributed by atoms with Crippen molar-refractivity contribution in [2.24, 2.45) is 0 Å². The van der Waals surface area contributed by atoms with E-state index in [0.717, 1.165) is 7.11 Å². The van der Waals surface area contributed by atoms with Gasteiger partial charge in [0, 0.05) is 12.4 Å². The van der Waals surface area contributed by atoms with Gasteiger partial charge in [0.1, 0.15) is 0 Å². The fourth-order valence-electron chi connectivity index (χ4n) is 0.215. The summed E-state index contributed by atoms with van der Waals surface area (Å²) in [5.41, 5.74) is 0. The van der Waals surface area contributed by atoms with E-state index in [9.17, 15) is 8.42 Å². The number of aromatic nitrogens is 2. The number of hydrogen-bond donors (Lipinski definition) is 2. The maximum Gasteiger partial charge on any atom is 0.397 e. The first-order valence-electron chi connectivity index (χ1n) is 4.43. The summed E-state index contributed by atoms with van der Waals surface area (Å²) in [5.74, 6) is 0. The Balaban J connectivity index is 0. The molecule has 7 heteroatoms. The third-order valence-corrected chi connectivity index (χ3v) is 1.54. The molecule has 1 rings (SSSR count). The molecule has 0 aromatic carbocycles. The van der Waals surface area contributed by atoms with E-state index < -0.39 is 10.4 Å². The molecule has 0 spiro atoms. The molecule has 1 aromatic heterocycles. The van der Waals surface area contributed by atoms with Gasteiger partial charge < -0.3 is 4.98 Å². The zero-order chi connectivity index (χ0) is 12.2. The summed E-state index contributed by atoms with van der Waals surface area (Å²) in [6, 6.07) is 0. The van der Waals surface area contributed by atoms with E-state index in [1.165, 1.54) is 12.8 Å². The Hall–Kier alpha value is -0.920. The van der Waals surface area contributed by atoms with Crippen LogP contribution in [0.25, 0.3) is 0 Å². The van der Waals surface area contributed by atoms with Crippen molar-refractivity contribution in [3.8, 4) is 0 Å². The highest BCUT2D eigenvalue weighted by Gasteiger charge is 1.93. The third kappa shape index (κ3) is 24.6. The summed E-state index contributed by atoms with van der Waals surface area (Å²) >= 11 is 0. The Morgan fingerprint density at radius 3 is 1.93 bits per heavy atom. The molecule has 0 aliphatic rings. The molecule has 0 bridgehead atoms. The minimum absolute atomic E-state index is 0.870. The summed E-state index contributed by atoms with van der Waals surface area (Å²) in [4.78, 5) is 6.42. The van der Waals surface area contributed by atoms with Gasteiger partial charge in [-0.1, -0.05) is 26.7 Å². The van der Waals surface area contributed by atoms with Gasteiger partial charge in [0.05, 0.1) is 13.4 Å². The van der Waals surface area contributed by atoms with Crippen LogP contribution in [0.3, 0.4) is 0 Å². The van der Waals surface area contributed by atoms with Gasteiger partial charge in [-0.15, -0.1) is 0 Å². The smallest absolute Gasteiger partial charge is 0.351 e. The Morgan fingerprint density at radius 1 is 1.40 bits per heavy atom. The van der Waals surface area contributed by atoms with Gasteiger partial charge in [-0.2, -0.15) is 8.42 Å². The molecule has 0 aliphatic heterocycles. The van der Waals surface area contributed by atoms with E-state index >= 15 is 0 Å². The van der Waals surface area contributed by atoms with Crippen LogP contribution in [-0.4, -0.2) is 30.0 Å². The number of hydrogen-bond acceptors (Lipinski definition) is 4. The Bertz CT molecular complexity index is 264. The van der Waals surface area contributed by atoms with Crippen molar-refractivity contribution in [3.05, 3.63) is 18.7 Å². The van der Waals surface area contributed by atoms with Crippen LogP contribution in [0, 0.1) is 0 Å². The molecule has 1 heterocycles. The van der Waals surface area contributed by atoms with E-state index in [2.05, 4.69) is 28.0 Å². The lowest BCUT2D eigenvalue weighted by Crippen LogP contribution is -1.96. The molecule has 0 radical (unpaired) electrons. The van der Waals surface area contributed by atoms with Crippen LogP contribution >= 0.6 is 0 Å². The van der Waals surface area contributed by atoms with Gasteiger partial charge in [-0.3, -0.25) is 8.74 Å². The fraction of sp³-hybridized carbons (Fsp3) is 0.625. The number of nitrogens with one attached hydrogen (secondary N) is 1. The SMILES string of the molecule is CCCC.COS(=O)(=O)O.c1c[nH]cn1. The summed E-state index contributed by atoms with van der Waals surface area (Å²) < 4.78 is 29.7. The van der Waals surface area contributed by atoms with Crippen LogP contribution in [0.15, 0.2) is 18.7 Å². The maximum atomic E-state index is 9.33. The van der Waals surface area contributed by atoms with E-state index in [4.69, 9.17) is 4.55 Å². The van der Waals surface area contributed by atoms with E-state index in [1.54, 1.807) is 18.7 Å². The Morgan fingerprint density at radius 2 is 1.87 bits per heavy atom. The standard InChI is InChI=1S/C4H10.C3H4N2.CH4O4S/c1-3-4-2;1-2-5-3-4-1;1-5-6(2,3)4/h3-4H2,1-2H3;1-3H,(H,4,5);1H3,(H,2,3,4). The number of aromatic amines is 1. The van der Waals surface area contributed by atoms with Gasteiger partial charge in [0.25, 0.3) is 0 Å². The Kier molecular flexibility index (Phi) is 12.3. The average Bonchev–Trinajstić information content (AvgIpc) is 2.75. The van der Waals surface area contributed by atoms with Gasteiger partial charge in [-0.05, 0) is 0 Å². The highest BCUT2D eigenvalue weighted by atomic mass is 32.3. The molecular weight excluding hydrogens is 220 g/mol. The highest BCUT2D eigenvalue weighted by molar-refractivity contribution is 7.80. The highest BCUT2D eigenvalue weighted by Crippen LogP contribution is 1.76. The molecule has 0 saturated carbocycles. The van der Waals surface area contributed by atoms with Crippen molar-refractivity contribution in [2.45, 2.75) is 26.7 Å². The minimum Gasteiger partial charge on any atom is -0.351 e. The molecule has 0 unspecified atom stereocenters. The number of rotatable bonds is 2. The molecule has 0 atom stereocenters. The van der Waals surface area contributed by atoms with Gasteiger partial charge in [0.2, 0.25) is 0 Å². The van der Waals surface area contributed by atoms with Crippen molar-refractivity contribution >= 4 is 10.4 Å². The lowest BCUT2D eigenvalue weighted by atomic mass is 10.4. The lowest BCUT2D eigenvalue weighted by molar-refractivity contribution is 0.324. The topological polar surface area (TPSA) is 92.3 Å². The van der Waals surface area contributed by atoms with Crippen molar-refractivity contribution in [3.63, 3.8) is 0 Å². The van der Waals surface area contributed by atoms with Crippen molar-refractivity contribution in [1.29, 1.82) is 0 Å². The van der Waals surface area contributed by atoms with Crippen LogP contribution in [0.2, 0.25) is 0 Å². The van der Waals surface area contributed by atoms with Crippen LogP contribution < -0.4 is 0 Å². The molecule has 15 heavy (non-hydrogen) atoms. The monoisotopic (exact) mass is 238 g/mol. The van der Waals surface area contributed by atoms with E-state index in [0.29, 0.717) is 0 Å². The van der Waals surface area contributed by atoms with Crippen LogP contribution in [0.5, 0.6) is 0 Å². The molecular formula is C8H18N2O4S. The second-order valence-corrected chi connectivity index (χ2v) is 3.54. The quantitative estimate of drug-likeness (QED) is 0.764. The van der Waals surface area contributed by atoms with Crippen molar-refractivity contribution in [2.75, 3.05) is 7.11 Å². The molecule has 2 N–H and O–H groups in total. The first kappa shape index (κ1) is 16.5. The molecule has 0 fully saturated rings. The van der Waals surface area contributed by atoms with Gasteiger partial charge in [0.15, 0.2) is 0 Å². The zero-order valence-corrected chi connectivity index (χ0v) is 9.99. The summed E-state index contributed by atoms with van der Waals surface area (Å²) in [6.07, 6.45) is 7.72. The fourth-order valence-corrected chi connectivity index (χ4v) is 0.215. The van der Waals surface area contributed by atoms with Crippen LogP contribution in [-0.2, 0) is 14.6 Å². The van der Waals surface area contributed by atoms with Gasteiger partial charge >= 0.3 is 10.4 Å². The van der Waals surface area contributed by atoms with Crippen LogP contribution in [0.4, 0.5) is 0 Å². The Labute approximate surface area is 90.6 Å². The largest absolute Gasteiger partial charge is 0.397 e.